The number of nitrogens with zero attached hydrogens (tertiary/aromatic N) is 2. The summed E-state index contributed by atoms with van der Waals surface area (Å²) in [4.78, 5) is 29.4. The molecule has 1 aromatic rings. The molecule has 0 unspecified atom stereocenters. The maximum absolute atomic E-state index is 13.3. The molecule has 1 atom stereocenters. The van der Waals surface area contributed by atoms with Crippen LogP contribution in [0.2, 0.25) is 0 Å². The molecule has 1 aromatic carbocycles. The highest BCUT2D eigenvalue weighted by Gasteiger charge is 2.36. The maximum Gasteiger partial charge on any atom is 0.317 e. The molecule has 3 aliphatic heterocycles. The molecule has 2 saturated heterocycles. The van der Waals surface area contributed by atoms with E-state index in [-0.39, 0.29) is 29.9 Å². The van der Waals surface area contributed by atoms with Crippen LogP contribution in [0.3, 0.4) is 0 Å². The molecule has 7 heteroatoms. The molecule has 3 heterocycles. The molecule has 164 valence electrons. The van der Waals surface area contributed by atoms with Gasteiger partial charge in [0.15, 0.2) is 11.5 Å². The Hall–Kier alpha value is -2.44. The lowest BCUT2D eigenvalue weighted by atomic mass is 9.94. The van der Waals surface area contributed by atoms with Crippen LogP contribution in [-0.2, 0) is 4.79 Å². The molecule has 30 heavy (non-hydrogen) atoms. The van der Waals surface area contributed by atoms with Gasteiger partial charge in [0.05, 0.1) is 19.3 Å². The number of fused-ring (bicyclic) bond motifs is 1. The number of urea groups is 1. The van der Waals surface area contributed by atoms with Gasteiger partial charge in [0.25, 0.3) is 0 Å². The van der Waals surface area contributed by atoms with Crippen LogP contribution in [0, 0.1) is 5.92 Å². The molecule has 0 bridgehead atoms. The number of hydrogen-bond acceptors (Lipinski definition) is 4. The summed E-state index contributed by atoms with van der Waals surface area (Å²) < 4.78 is 11.6. The van der Waals surface area contributed by atoms with Crippen molar-refractivity contribution in [3.63, 3.8) is 0 Å². The van der Waals surface area contributed by atoms with Crippen molar-refractivity contribution >= 4 is 11.9 Å². The minimum atomic E-state index is -0.0258. The zero-order valence-electron chi connectivity index (χ0n) is 18.1. The molecule has 2 fully saturated rings. The van der Waals surface area contributed by atoms with Crippen molar-refractivity contribution in [2.45, 2.75) is 58.0 Å². The molecule has 1 N–H and O–H groups in total. The van der Waals surface area contributed by atoms with Crippen molar-refractivity contribution in [2.24, 2.45) is 5.92 Å². The van der Waals surface area contributed by atoms with Gasteiger partial charge in [0, 0.05) is 38.0 Å². The van der Waals surface area contributed by atoms with Gasteiger partial charge in [-0.2, -0.15) is 0 Å². The number of nitrogens with one attached hydrogen (secondary N) is 1. The summed E-state index contributed by atoms with van der Waals surface area (Å²) in [5.74, 6) is 1.80. The Balaban J connectivity index is 1.40. The van der Waals surface area contributed by atoms with Crippen molar-refractivity contribution in [1.29, 1.82) is 0 Å². The highest BCUT2D eigenvalue weighted by atomic mass is 16.5. The van der Waals surface area contributed by atoms with Gasteiger partial charge < -0.3 is 24.6 Å². The Bertz CT molecular complexity index is 774. The summed E-state index contributed by atoms with van der Waals surface area (Å²) in [5.41, 5.74) is 1.12. The van der Waals surface area contributed by atoms with Crippen molar-refractivity contribution in [3.05, 3.63) is 23.8 Å². The summed E-state index contributed by atoms with van der Waals surface area (Å²) in [6, 6.07) is 6.29. The van der Waals surface area contributed by atoms with Gasteiger partial charge in [-0.1, -0.05) is 6.07 Å². The van der Waals surface area contributed by atoms with Crippen LogP contribution < -0.4 is 14.8 Å². The number of carbonyl (C=O) groups is 2. The summed E-state index contributed by atoms with van der Waals surface area (Å²) in [7, 11) is 0. The zero-order chi connectivity index (χ0) is 21.1. The normalized spacial score (nSPS) is 22.2. The average molecular weight is 416 g/mol. The van der Waals surface area contributed by atoms with Gasteiger partial charge in [0.2, 0.25) is 5.91 Å². The van der Waals surface area contributed by atoms with Crippen molar-refractivity contribution < 1.29 is 19.1 Å². The van der Waals surface area contributed by atoms with E-state index in [4.69, 9.17) is 9.47 Å². The number of ether oxygens (including phenoxy) is 2. The number of rotatable bonds is 3. The molecule has 0 aromatic heterocycles. The summed E-state index contributed by atoms with van der Waals surface area (Å²) >= 11 is 0. The summed E-state index contributed by atoms with van der Waals surface area (Å²) in [6.07, 6.45) is 4.33. The molecule has 0 aliphatic carbocycles. The molecule has 3 aliphatic rings. The first kappa shape index (κ1) is 20.8. The third-order valence-corrected chi connectivity index (χ3v) is 6.24. The van der Waals surface area contributed by atoms with E-state index in [0.29, 0.717) is 26.3 Å². The standard InChI is InChI=1S/C23H33N3O4/c1-16(2)24-23(28)25-11-8-17(9-12-25)22(27)26-10-3-5-19(26)18-6-7-20-21(15-18)30-14-4-13-29-20/h6-7,15-17,19H,3-5,8-14H2,1-2H3,(H,24,28)/t19-/m0/s1. The second kappa shape index (κ2) is 9.14. The molecule has 0 spiro atoms. The van der Waals surface area contributed by atoms with Crippen LogP contribution in [0.1, 0.15) is 57.6 Å². The van der Waals surface area contributed by atoms with Gasteiger partial charge in [-0.25, -0.2) is 4.79 Å². The molecule has 4 rings (SSSR count). The van der Waals surface area contributed by atoms with E-state index >= 15 is 0 Å². The van der Waals surface area contributed by atoms with Crippen LogP contribution in [0.15, 0.2) is 18.2 Å². The van der Waals surface area contributed by atoms with E-state index < -0.39 is 0 Å². The Kier molecular flexibility index (Phi) is 6.35. The van der Waals surface area contributed by atoms with Crippen LogP contribution in [0.5, 0.6) is 11.5 Å². The Morgan fingerprint density at radius 3 is 2.47 bits per heavy atom. The van der Waals surface area contributed by atoms with Gasteiger partial charge in [0.1, 0.15) is 0 Å². The van der Waals surface area contributed by atoms with E-state index in [1.54, 1.807) is 0 Å². The molecule has 0 saturated carbocycles. The first-order chi connectivity index (χ1) is 14.5. The fraction of sp³-hybridized carbons (Fsp3) is 0.652. The van der Waals surface area contributed by atoms with E-state index in [1.165, 1.54) is 0 Å². The lowest BCUT2D eigenvalue weighted by Crippen LogP contribution is -2.48. The maximum atomic E-state index is 13.3. The van der Waals surface area contributed by atoms with E-state index in [9.17, 15) is 9.59 Å². The smallest absolute Gasteiger partial charge is 0.317 e. The van der Waals surface area contributed by atoms with E-state index in [2.05, 4.69) is 17.4 Å². The number of carbonyl (C=O) groups excluding carboxylic acids is 2. The second-order valence-corrected chi connectivity index (χ2v) is 8.81. The Labute approximate surface area is 178 Å². The molecular formula is C23H33N3O4. The minimum absolute atomic E-state index is 0.00545. The second-order valence-electron chi connectivity index (χ2n) is 8.81. The number of piperidine rings is 1. The third-order valence-electron chi connectivity index (χ3n) is 6.24. The van der Waals surface area contributed by atoms with Crippen LogP contribution in [0.25, 0.3) is 0 Å². The fourth-order valence-corrected chi connectivity index (χ4v) is 4.67. The van der Waals surface area contributed by atoms with Gasteiger partial charge in [-0.05, 0) is 57.2 Å². The van der Waals surface area contributed by atoms with Crippen LogP contribution in [-0.4, -0.2) is 60.6 Å². The molecule has 3 amide bonds. The van der Waals surface area contributed by atoms with Crippen LogP contribution in [0.4, 0.5) is 4.79 Å². The van der Waals surface area contributed by atoms with E-state index in [0.717, 1.165) is 55.7 Å². The lowest BCUT2D eigenvalue weighted by molar-refractivity contribution is -0.137. The number of likely N-dealkylation sites (tertiary alicyclic amines) is 2. The number of amides is 3. The topological polar surface area (TPSA) is 71.1 Å². The predicted octanol–water partition coefficient (Wildman–Crippen LogP) is 3.34. The number of benzene rings is 1. The highest BCUT2D eigenvalue weighted by molar-refractivity contribution is 5.80. The lowest BCUT2D eigenvalue weighted by Gasteiger charge is -2.35. The quantitative estimate of drug-likeness (QED) is 0.822. The van der Waals surface area contributed by atoms with Crippen LogP contribution >= 0.6 is 0 Å². The first-order valence-corrected chi connectivity index (χ1v) is 11.3. The third kappa shape index (κ3) is 4.50. The fourth-order valence-electron chi connectivity index (χ4n) is 4.67. The summed E-state index contributed by atoms with van der Waals surface area (Å²) in [6.45, 7) is 7.32. The van der Waals surface area contributed by atoms with Gasteiger partial charge in [-0.3, -0.25) is 4.79 Å². The number of hydrogen-bond donors (Lipinski definition) is 1. The minimum Gasteiger partial charge on any atom is -0.490 e. The SMILES string of the molecule is CC(C)NC(=O)N1CCC(C(=O)N2CCC[C@H]2c2ccc3c(c2)OCCCO3)CC1. The molecule has 7 nitrogen and oxygen atoms in total. The first-order valence-electron chi connectivity index (χ1n) is 11.3. The highest BCUT2D eigenvalue weighted by Crippen LogP contribution is 2.39. The molecule has 0 radical (unpaired) electrons. The van der Waals surface area contributed by atoms with Crippen molar-refractivity contribution in [1.82, 2.24) is 15.1 Å². The van der Waals surface area contributed by atoms with Gasteiger partial charge in [-0.15, -0.1) is 0 Å². The van der Waals surface area contributed by atoms with Crippen molar-refractivity contribution in [2.75, 3.05) is 32.8 Å². The van der Waals surface area contributed by atoms with Gasteiger partial charge >= 0.3 is 6.03 Å². The molecular weight excluding hydrogens is 382 g/mol. The monoisotopic (exact) mass is 415 g/mol. The summed E-state index contributed by atoms with van der Waals surface area (Å²) in [5, 5.41) is 2.94. The Morgan fingerprint density at radius 1 is 1.00 bits per heavy atom. The average Bonchev–Trinajstić information content (AvgIpc) is 3.11. The predicted molar refractivity (Wildman–Crippen MR) is 114 cm³/mol. The van der Waals surface area contributed by atoms with E-state index in [1.807, 2.05) is 29.7 Å². The van der Waals surface area contributed by atoms with Crippen molar-refractivity contribution in [3.8, 4) is 11.5 Å². The largest absolute Gasteiger partial charge is 0.490 e. The Morgan fingerprint density at radius 2 is 1.73 bits per heavy atom. The zero-order valence-corrected chi connectivity index (χ0v) is 18.1.